The van der Waals surface area contributed by atoms with Crippen LogP contribution in [-0.2, 0) is 16.0 Å². The van der Waals surface area contributed by atoms with Gasteiger partial charge < -0.3 is 19.3 Å². The first-order chi connectivity index (χ1) is 19.0. The number of hydrogen-bond donors (Lipinski definition) is 0. The number of hydrogen-bond acceptors (Lipinski definition) is 6. The summed E-state index contributed by atoms with van der Waals surface area (Å²) < 4.78 is 38.3. The summed E-state index contributed by atoms with van der Waals surface area (Å²) in [5, 5.41) is 2.01. The third kappa shape index (κ3) is 6.81. The predicted molar refractivity (Wildman–Crippen MR) is 144 cm³/mol. The molecule has 0 aliphatic carbocycles. The third-order valence-corrected chi connectivity index (χ3v) is 8.13. The molecule has 0 bridgehead atoms. The predicted octanol–water partition coefficient (Wildman–Crippen LogP) is 4.01. The lowest BCUT2D eigenvalue weighted by atomic mass is 10.0. The summed E-state index contributed by atoms with van der Waals surface area (Å²) in [5.41, 5.74) is 1.37. The molecule has 2 aliphatic heterocycles. The topological polar surface area (TPSA) is 62.3 Å². The number of nitrogens with zero attached hydrogens (tertiary/aromatic N) is 3. The monoisotopic (exact) mass is 555 g/mol. The van der Waals surface area contributed by atoms with Gasteiger partial charge in [-0.3, -0.25) is 14.5 Å². The van der Waals surface area contributed by atoms with E-state index in [1.807, 2.05) is 11.4 Å². The standard InChI is InChI=1S/C29H31F2N3O4S/c30-22-3-1-21(2-4-22)29(36)33(13-12-32-14-16-37-17-15-32)19-28(35)34-11-9-27-25(10-18-39-27)26(34)20-38-24-7-5-23(31)6-8-24/h1-8,10,18,26H,9,11-17,19-20H2. The van der Waals surface area contributed by atoms with Gasteiger partial charge in [0, 0.05) is 43.2 Å². The quantitative estimate of drug-likeness (QED) is 0.400. The van der Waals surface area contributed by atoms with Crippen LogP contribution in [0, 0.1) is 11.6 Å². The number of halogens is 2. The Morgan fingerprint density at radius 2 is 1.67 bits per heavy atom. The van der Waals surface area contributed by atoms with E-state index in [1.165, 1.54) is 41.3 Å². The first-order valence-corrected chi connectivity index (χ1v) is 13.9. The Hall–Kier alpha value is -3.34. The second-order valence-corrected chi connectivity index (χ2v) is 10.6. The lowest BCUT2D eigenvalue weighted by Crippen LogP contribution is -2.49. The molecule has 5 rings (SSSR count). The smallest absolute Gasteiger partial charge is 0.254 e. The molecular weight excluding hydrogens is 524 g/mol. The van der Waals surface area contributed by atoms with Crippen molar-refractivity contribution in [2.75, 3.05) is 59.1 Å². The molecule has 2 aromatic carbocycles. The third-order valence-electron chi connectivity index (χ3n) is 7.13. The van der Waals surface area contributed by atoms with Gasteiger partial charge in [-0.15, -0.1) is 11.3 Å². The summed E-state index contributed by atoms with van der Waals surface area (Å²) >= 11 is 1.65. The van der Waals surface area contributed by atoms with Crippen molar-refractivity contribution in [2.24, 2.45) is 0 Å². The van der Waals surface area contributed by atoms with E-state index in [4.69, 9.17) is 9.47 Å². The molecule has 1 atom stereocenters. The lowest BCUT2D eigenvalue weighted by Gasteiger charge is -2.37. The molecule has 1 fully saturated rings. The number of carbonyl (C=O) groups is 2. The van der Waals surface area contributed by atoms with Crippen LogP contribution >= 0.6 is 11.3 Å². The number of fused-ring (bicyclic) bond motifs is 1. The highest BCUT2D eigenvalue weighted by molar-refractivity contribution is 7.10. The van der Waals surface area contributed by atoms with Crippen molar-refractivity contribution in [3.63, 3.8) is 0 Å². The molecule has 3 heterocycles. The molecule has 1 aromatic heterocycles. The summed E-state index contributed by atoms with van der Waals surface area (Å²) in [7, 11) is 0. The summed E-state index contributed by atoms with van der Waals surface area (Å²) in [6, 6.07) is 12.9. The second-order valence-electron chi connectivity index (χ2n) is 9.60. The highest BCUT2D eigenvalue weighted by atomic mass is 32.1. The maximum Gasteiger partial charge on any atom is 0.254 e. The van der Waals surface area contributed by atoms with Gasteiger partial charge in [0.05, 0.1) is 19.3 Å². The van der Waals surface area contributed by atoms with Crippen LogP contribution in [0.3, 0.4) is 0 Å². The number of thiophene rings is 1. The highest BCUT2D eigenvalue weighted by Gasteiger charge is 2.34. The molecule has 10 heteroatoms. The van der Waals surface area contributed by atoms with Gasteiger partial charge in [-0.2, -0.15) is 0 Å². The van der Waals surface area contributed by atoms with E-state index in [0.717, 1.165) is 25.1 Å². The van der Waals surface area contributed by atoms with Gasteiger partial charge in [0.15, 0.2) is 0 Å². The van der Waals surface area contributed by atoms with Crippen LogP contribution in [-0.4, -0.2) is 85.6 Å². The average molecular weight is 556 g/mol. The Kier molecular flexibility index (Phi) is 8.85. The van der Waals surface area contributed by atoms with Gasteiger partial charge in [-0.05, 0) is 72.0 Å². The molecule has 0 radical (unpaired) electrons. The van der Waals surface area contributed by atoms with Crippen molar-refractivity contribution in [2.45, 2.75) is 12.5 Å². The number of amides is 2. The van der Waals surface area contributed by atoms with Crippen molar-refractivity contribution in [1.29, 1.82) is 0 Å². The van der Waals surface area contributed by atoms with E-state index >= 15 is 0 Å². The molecule has 39 heavy (non-hydrogen) atoms. The van der Waals surface area contributed by atoms with E-state index in [9.17, 15) is 18.4 Å². The number of morpholine rings is 1. The van der Waals surface area contributed by atoms with Crippen LogP contribution in [0.1, 0.15) is 26.8 Å². The Labute approximate surface area is 230 Å². The second kappa shape index (κ2) is 12.7. The molecule has 1 saturated heterocycles. The van der Waals surface area contributed by atoms with Crippen molar-refractivity contribution < 1.29 is 27.8 Å². The fourth-order valence-corrected chi connectivity index (χ4v) is 5.88. The maximum absolute atomic E-state index is 13.8. The first-order valence-electron chi connectivity index (χ1n) is 13.1. The SMILES string of the molecule is O=C(c1ccc(F)cc1)N(CCN1CCOCC1)CC(=O)N1CCc2sccc2C1COc1ccc(F)cc1. The van der Waals surface area contributed by atoms with Gasteiger partial charge in [-0.1, -0.05) is 0 Å². The minimum absolute atomic E-state index is 0.104. The Bertz CT molecular complexity index is 1260. The summed E-state index contributed by atoms with van der Waals surface area (Å²) in [4.78, 5) is 34.0. The van der Waals surface area contributed by atoms with Gasteiger partial charge in [0.1, 0.15) is 30.5 Å². The molecular formula is C29H31F2N3O4S. The molecule has 7 nitrogen and oxygen atoms in total. The van der Waals surface area contributed by atoms with E-state index in [2.05, 4.69) is 4.90 Å². The van der Waals surface area contributed by atoms with Crippen LogP contribution in [0.2, 0.25) is 0 Å². The van der Waals surface area contributed by atoms with E-state index in [0.29, 0.717) is 44.2 Å². The summed E-state index contributed by atoms with van der Waals surface area (Å²) in [6.07, 6.45) is 0.728. The highest BCUT2D eigenvalue weighted by Crippen LogP contribution is 2.34. The van der Waals surface area contributed by atoms with Crippen LogP contribution < -0.4 is 4.74 Å². The van der Waals surface area contributed by atoms with Crippen molar-refractivity contribution in [3.8, 4) is 5.75 Å². The lowest BCUT2D eigenvalue weighted by molar-refractivity contribution is -0.135. The molecule has 206 valence electrons. The van der Waals surface area contributed by atoms with Crippen LogP contribution in [0.15, 0.2) is 60.0 Å². The van der Waals surface area contributed by atoms with E-state index in [-0.39, 0.29) is 36.8 Å². The normalized spacial score (nSPS) is 17.5. The molecule has 0 N–H and O–H groups in total. The molecule has 1 unspecified atom stereocenters. The molecule has 2 amide bonds. The van der Waals surface area contributed by atoms with Crippen molar-refractivity contribution in [1.82, 2.24) is 14.7 Å². The maximum atomic E-state index is 13.8. The summed E-state index contributed by atoms with van der Waals surface area (Å²) in [5.74, 6) is -0.753. The van der Waals surface area contributed by atoms with Gasteiger partial charge >= 0.3 is 0 Å². The van der Waals surface area contributed by atoms with Crippen LogP contribution in [0.5, 0.6) is 5.75 Å². The number of carbonyl (C=O) groups excluding carboxylic acids is 2. The molecule has 0 spiro atoms. The first kappa shape index (κ1) is 27.2. The van der Waals surface area contributed by atoms with Gasteiger partial charge in [-0.25, -0.2) is 8.78 Å². The molecule has 2 aliphatic rings. The number of rotatable bonds is 9. The fraction of sp³-hybridized carbons (Fsp3) is 0.379. The van der Waals surface area contributed by atoms with E-state index < -0.39 is 5.82 Å². The fourth-order valence-electron chi connectivity index (χ4n) is 4.95. The largest absolute Gasteiger partial charge is 0.491 e. The van der Waals surface area contributed by atoms with E-state index in [1.54, 1.807) is 33.3 Å². The van der Waals surface area contributed by atoms with Crippen LogP contribution in [0.4, 0.5) is 8.78 Å². The zero-order valence-electron chi connectivity index (χ0n) is 21.6. The zero-order valence-corrected chi connectivity index (χ0v) is 22.4. The minimum Gasteiger partial charge on any atom is -0.491 e. The Morgan fingerprint density at radius 3 is 2.38 bits per heavy atom. The Morgan fingerprint density at radius 1 is 0.974 bits per heavy atom. The van der Waals surface area contributed by atoms with Gasteiger partial charge in [0.2, 0.25) is 5.91 Å². The number of benzene rings is 2. The van der Waals surface area contributed by atoms with Crippen molar-refractivity contribution in [3.05, 3.63) is 87.6 Å². The minimum atomic E-state index is -0.425. The van der Waals surface area contributed by atoms with Crippen molar-refractivity contribution >= 4 is 23.2 Å². The molecule has 3 aromatic rings. The number of ether oxygens (including phenoxy) is 2. The zero-order chi connectivity index (χ0) is 27.2. The molecule has 0 saturated carbocycles. The Balaban J connectivity index is 1.32. The summed E-state index contributed by atoms with van der Waals surface area (Å²) in [6.45, 7) is 4.38. The average Bonchev–Trinajstić information content (AvgIpc) is 3.44. The van der Waals surface area contributed by atoms with Gasteiger partial charge in [0.25, 0.3) is 5.91 Å². The van der Waals surface area contributed by atoms with Crippen LogP contribution in [0.25, 0.3) is 0 Å².